The molecule has 0 saturated heterocycles. The molecule has 1 heterocycles. The van der Waals surface area contributed by atoms with Gasteiger partial charge in [-0.25, -0.2) is 17.6 Å². The van der Waals surface area contributed by atoms with E-state index in [0.29, 0.717) is 5.56 Å². The van der Waals surface area contributed by atoms with E-state index >= 15 is 0 Å². The number of halogens is 1. The van der Waals surface area contributed by atoms with Crippen molar-refractivity contribution < 1.29 is 22.3 Å². The van der Waals surface area contributed by atoms with E-state index in [-0.39, 0.29) is 22.9 Å². The molecule has 1 aromatic carbocycles. The summed E-state index contributed by atoms with van der Waals surface area (Å²) in [4.78, 5) is 11.6. The number of anilines is 1. The summed E-state index contributed by atoms with van der Waals surface area (Å²) in [5, 5.41) is 0. The van der Waals surface area contributed by atoms with E-state index in [0.717, 1.165) is 6.07 Å². The van der Waals surface area contributed by atoms with Crippen LogP contribution in [-0.2, 0) is 21.8 Å². The molecule has 0 bridgehead atoms. The Hall–Kier alpha value is -2.35. The molecule has 124 valence electrons. The van der Waals surface area contributed by atoms with Crippen LogP contribution in [0.1, 0.15) is 23.0 Å². The number of esters is 1. The topological polar surface area (TPSA) is 77.4 Å². The molecule has 23 heavy (non-hydrogen) atoms. The molecule has 0 aliphatic rings. The summed E-state index contributed by atoms with van der Waals surface area (Å²) in [6, 6.07) is 5.25. The number of sulfonamides is 1. The molecule has 0 aliphatic carbocycles. The Morgan fingerprint density at radius 3 is 2.65 bits per heavy atom. The number of carbonyl (C=O) groups excluding carboxylic acids is 1. The van der Waals surface area contributed by atoms with Crippen LogP contribution >= 0.6 is 0 Å². The molecule has 0 spiro atoms. The summed E-state index contributed by atoms with van der Waals surface area (Å²) >= 11 is 0. The average Bonchev–Trinajstić information content (AvgIpc) is 2.86. The molecule has 6 nitrogen and oxygen atoms in total. The highest BCUT2D eigenvalue weighted by atomic mass is 32.2. The van der Waals surface area contributed by atoms with Crippen LogP contribution in [0.5, 0.6) is 0 Å². The fraction of sp³-hybridized carbons (Fsp3) is 0.267. The molecule has 0 amide bonds. The third kappa shape index (κ3) is 3.70. The second-order valence-corrected chi connectivity index (χ2v) is 6.64. The number of carbonyl (C=O) groups is 1. The summed E-state index contributed by atoms with van der Waals surface area (Å²) in [5.41, 5.74) is 0.634. The van der Waals surface area contributed by atoms with Crippen LogP contribution in [0.4, 0.5) is 10.1 Å². The number of hydrogen-bond donors (Lipinski definition) is 1. The number of nitrogens with zero attached hydrogens (tertiary/aromatic N) is 1. The highest BCUT2D eigenvalue weighted by Gasteiger charge is 2.21. The molecule has 0 fully saturated rings. The zero-order valence-corrected chi connectivity index (χ0v) is 13.8. The fourth-order valence-electron chi connectivity index (χ4n) is 1.96. The van der Waals surface area contributed by atoms with E-state index < -0.39 is 21.8 Å². The molecular formula is C15H17FN2O4S. The van der Waals surface area contributed by atoms with E-state index in [1.807, 2.05) is 0 Å². The van der Waals surface area contributed by atoms with E-state index in [2.05, 4.69) is 4.72 Å². The van der Waals surface area contributed by atoms with Gasteiger partial charge in [0, 0.05) is 13.2 Å². The van der Waals surface area contributed by atoms with E-state index in [1.54, 1.807) is 13.8 Å². The van der Waals surface area contributed by atoms with Gasteiger partial charge in [0.05, 0.1) is 12.3 Å². The van der Waals surface area contributed by atoms with E-state index in [1.165, 1.54) is 36.0 Å². The van der Waals surface area contributed by atoms with Crippen molar-refractivity contribution in [3.8, 4) is 0 Å². The van der Waals surface area contributed by atoms with Crippen molar-refractivity contribution in [1.82, 2.24) is 4.57 Å². The Morgan fingerprint density at radius 1 is 1.35 bits per heavy atom. The SMILES string of the molecule is CCOC(=O)c1cc(S(=O)(=O)Nc2ccc(C)c(F)c2)cn1C. The number of ether oxygens (including phenoxy) is 1. The van der Waals surface area contributed by atoms with Crippen LogP contribution in [0.15, 0.2) is 35.4 Å². The van der Waals surface area contributed by atoms with Crippen LogP contribution in [0.2, 0.25) is 0 Å². The van der Waals surface area contributed by atoms with Gasteiger partial charge in [0.15, 0.2) is 0 Å². The predicted octanol–water partition coefficient (Wildman–Crippen LogP) is 2.45. The first-order valence-corrected chi connectivity index (χ1v) is 8.35. The molecule has 1 N–H and O–H groups in total. The normalized spacial score (nSPS) is 11.3. The lowest BCUT2D eigenvalue weighted by Crippen LogP contribution is -2.12. The Kier molecular flexibility index (Phi) is 4.74. The zero-order valence-electron chi connectivity index (χ0n) is 13.0. The molecule has 1 aromatic heterocycles. The quantitative estimate of drug-likeness (QED) is 0.848. The molecule has 2 aromatic rings. The third-order valence-corrected chi connectivity index (χ3v) is 4.55. The average molecular weight is 340 g/mol. The molecule has 0 radical (unpaired) electrons. The Morgan fingerprint density at radius 2 is 2.04 bits per heavy atom. The van der Waals surface area contributed by atoms with Crippen LogP contribution in [-0.4, -0.2) is 25.6 Å². The number of benzene rings is 1. The van der Waals surface area contributed by atoms with Crippen LogP contribution in [0, 0.1) is 12.7 Å². The third-order valence-electron chi connectivity index (χ3n) is 3.20. The summed E-state index contributed by atoms with van der Waals surface area (Å²) in [6.45, 7) is 3.43. The minimum Gasteiger partial charge on any atom is -0.461 e. The van der Waals surface area contributed by atoms with Crippen molar-refractivity contribution in [1.29, 1.82) is 0 Å². The lowest BCUT2D eigenvalue weighted by molar-refractivity contribution is 0.0515. The summed E-state index contributed by atoms with van der Waals surface area (Å²) in [6.07, 6.45) is 1.29. The van der Waals surface area contributed by atoms with Gasteiger partial charge in [-0.15, -0.1) is 0 Å². The van der Waals surface area contributed by atoms with E-state index in [9.17, 15) is 17.6 Å². The molecule has 0 aliphatic heterocycles. The van der Waals surface area contributed by atoms with Gasteiger partial charge in [-0.2, -0.15) is 0 Å². The maximum atomic E-state index is 13.5. The van der Waals surface area contributed by atoms with Gasteiger partial charge >= 0.3 is 5.97 Å². The number of hydrogen-bond acceptors (Lipinski definition) is 4. The van der Waals surface area contributed by atoms with Gasteiger partial charge in [0.2, 0.25) is 0 Å². The number of aromatic nitrogens is 1. The van der Waals surface area contributed by atoms with Crippen molar-refractivity contribution in [3.05, 3.63) is 47.5 Å². The van der Waals surface area contributed by atoms with E-state index in [4.69, 9.17) is 4.74 Å². The molecule has 2 rings (SSSR count). The lowest BCUT2D eigenvalue weighted by Gasteiger charge is -2.07. The number of nitrogens with one attached hydrogen (secondary N) is 1. The van der Waals surface area contributed by atoms with Crippen molar-refractivity contribution >= 4 is 21.7 Å². The van der Waals surface area contributed by atoms with Crippen LogP contribution in [0.25, 0.3) is 0 Å². The first-order valence-electron chi connectivity index (χ1n) is 6.87. The predicted molar refractivity (Wildman–Crippen MR) is 83.3 cm³/mol. The summed E-state index contributed by atoms with van der Waals surface area (Å²) in [5.74, 6) is -1.12. The first kappa shape index (κ1) is 17.0. The van der Waals surface area contributed by atoms with Gasteiger partial charge in [0.1, 0.15) is 16.4 Å². The Labute approximate surface area is 133 Å². The van der Waals surface area contributed by atoms with Gasteiger partial charge in [-0.3, -0.25) is 4.72 Å². The summed E-state index contributed by atoms with van der Waals surface area (Å²) < 4.78 is 46.7. The first-order chi connectivity index (χ1) is 10.7. The number of aryl methyl sites for hydroxylation is 2. The maximum Gasteiger partial charge on any atom is 0.354 e. The monoisotopic (exact) mass is 340 g/mol. The molecule has 0 saturated carbocycles. The highest BCUT2D eigenvalue weighted by Crippen LogP contribution is 2.20. The van der Waals surface area contributed by atoms with Gasteiger partial charge < -0.3 is 9.30 Å². The largest absolute Gasteiger partial charge is 0.461 e. The highest BCUT2D eigenvalue weighted by molar-refractivity contribution is 7.92. The van der Waals surface area contributed by atoms with Gasteiger partial charge in [-0.1, -0.05) is 6.07 Å². The van der Waals surface area contributed by atoms with Gasteiger partial charge in [0.25, 0.3) is 10.0 Å². The van der Waals surface area contributed by atoms with Crippen LogP contribution < -0.4 is 4.72 Å². The zero-order chi connectivity index (χ0) is 17.2. The minimum atomic E-state index is -3.94. The molecule has 0 atom stereocenters. The number of rotatable bonds is 5. The lowest BCUT2D eigenvalue weighted by atomic mass is 10.2. The summed E-state index contributed by atoms with van der Waals surface area (Å²) in [7, 11) is -2.40. The minimum absolute atomic E-state index is 0.106. The van der Waals surface area contributed by atoms with Crippen LogP contribution in [0.3, 0.4) is 0 Å². The van der Waals surface area contributed by atoms with Gasteiger partial charge in [-0.05, 0) is 37.6 Å². The van der Waals surface area contributed by atoms with Crippen molar-refractivity contribution in [2.75, 3.05) is 11.3 Å². The second kappa shape index (κ2) is 6.41. The standard InChI is InChI=1S/C15H17FN2O4S/c1-4-22-15(19)14-8-12(9-18(14)3)23(20,21)17-11-6-5-10(2)13(16)7-11/h5-9,17H,4H2,1-3H3. The van der Waals surface area contributed by atoms with Crippen molar-refractivity contribution in [2.45, 2.75) is 18.7 Å². The smallest absolute Gasteiger partial charge is 0.354 e. The maximum absolute atomic E-state index is 13.5. The fourth-order valence-corrected chi connectivity index (χ4v) is 3.08. The Bertz CT molecular complexity index is 843. The molecule has 0 unspecified atom stereocenters. The van der Waals surface area contributed by atoms with Crippen molar-refractivity contribution in [3.63, 3.8) is 0 Å². The second-order valence-electron chi connectivity index (χ2n) is 4.96. The Balaban J connectivity index is 2.31. The molecule has 8 heteroatoms. The van der Waals surface area contributed by atoms with Crippen molar-refractivity contribution in [2.24, 2.45) is 7.05 Å². The molecular weight excluding hydrogens is 323 g/mol.